The molecule has 0 unspecified atom stereocenters. The van der Waals surface area contributed by atoms with Gasteiger partial charge in [-0.15, -0.1) is 11.3 Å². The first-order chi connectivity index (χ1) is 31.2. The van der Waals surface area contributed by atoms with Crippen LogP contribution in [0.15, 0.2) is 217 Å². The second-order valence-corrected chi connectivity index (χ2v) is 17.2. The van der Waals surface area contributed by atoms with Crippen molar-refractivity contribution in [2.45, 2.75) is 5.41 Å². The summed E-state index contributed by atoms with van der Waals surface area (Å²) >= 11 is 1.78. The molecule has 294 valence electrons. The molecule has 0 bridgehead atoms. The van der Waals surface area contributed by atoms with Gasteiger partial charge in [0.25, 0.3) is 0 Å². The summed E-state index contributed by atoms with van der Waals surface area (Å²) in [5.74, 6) is 1.87. The molecule has 1 aliphatic rings. The van der Waals surface area contributed by atoms with Gasteiger partial charge < -0.3 is 4.42 Å². The lowest BCUT2D eigenvalue weighted by Crippen LogP contribution is -2.28. The molecule has 12 aromatic rings. The van der Waals surface area contributed by atoms with Crippen LogP contribution in [0.25, 0.3) is 98.5 Å². The Hall–Kier alpha value is -7.99. The van der Waals surface area contributed by atoms with Gasteiger partial charge in [0, 0.05) is 47.6 Å². The van der Waals surface area contributed by atoms with Crippen molar-refractivity contribution in [3.8, 4) is 56.4 Å². The van der Waals surface area contributed by atoms with Crippen LogP contribution in [-0.4, -0.2) is 15.0 Å². The summed E-state index contributed by atoms with van der Waals surface area (Å²) in [4.78, 5) is 16.4. The summed E-state index contributed by atoms with van der Waals surface area (Å²) < 4.78 is 8.78. The van der Waals surface area contributed by atoms with Gasteiger partial charge in [0.05, 0.1) is 5.41 Å². The Morgan fingerprint density at radius 3 is 1.70 bits per heavy atom. The minimum absolute atomic E-state index is 0.562. The number of fused-ring (bicyclic) bond motifs is 9. The van der Waals surface area contributed by atoms with Crippen molar-refractivity contribution in [1.82, 2.24) is 15.0 Å². The van der Waals surface area contributed by atoms with Gasteiger partial charge in [-0.1, -0.05) is 182 Å². The van der Waals surface area contributed by atoms with Crippen LogP contribution in [-0.2, 0) is 5.41 Å². The second-order valence-electron chi connectivity index (χ2n) is 16.2. The van der Waals surface area contributed by atoms with Crippen molar-refractivity contribution >= 4 is 53.4 Å². The number of thiophene rings is 1. The maximum atomic E-state index is 6.39. The molecule has 0 atom stereocenters. The van der Waals surface area contributed by atoms with E-state index in [2.05, 4.69) is 200 Å². The van der Waals surface area contributed by atoms with Gasteiger partial charge in [-0.3, -0.25) is 0 Å². The highest BCUT2D eigenvalue weighted by atomic mass is 32.1. The molecule has 0 N–H and O–H groups in total. The predicted molar refractivity (Wildman–Crippen MR) is 259 cm³/mol. The van der Waals surface area contributed by atoms with Gasteiger partial charge >= 0.3 is 0 Å². The molecule has 1 aliphatic carbocycles. The normalized spacial score (nSPS) is 12.9. The summed E-state index contributed by atoms with van der Waals surface area (Å²) in [5, 5.41) is 4.63. The third kappa shape index (κ3) is 5.37. The molecule has 63 heavy (non-hydrogen) atoms. The van der Waals surface area contributed by atoms with Crippen LogP contribution in [0.4, 0.5) is 0 Å². The van der Waals surface area contributed by atoms with Crippen LogP contribution in [0.2, 0.25) is 0 Å². The fourth-order valence-electron chi connectivity index (χ4n) is 10.2. The molecule has 0 aliphatic heterocycles. The maximum Gasteiger partial charge on any atom is 0.165 e. The van der Waals surface area contributed by atoms with E-state index < -0.39 is 5.41 Å². The van der Waals surface area contributed by atoms with Crippen molar-refractivity contribution in [1.29, 1.82) is 0 Å². The number of furan rings is 1. The van der Waals surface area contributed by atoms with Gasteiger partial charge in [0.2, 0.25) is 0 Å². The average molecular weight is 822 g/mol. The standard InChI is InChI=1S/C58H35N3OS/c1-3-17-37(18-4-1)58(38-19-5-2-6-20-38)48-29-12-9-25-45(48)53-46(27-16-30-49(53)58)56-59-55(60-57(61-56)47-28-15-26-43-42-23-11-14-32-52(42)63-54(43)47)44-24-8-7-21-39(44)36-33-34-41-40-22-10-13-31-50(40)62-51(41)35-36/h1-35H. The minimum atomic E-state index is -0.562. The summed E-state index contributed by atoms with van der Waals surface area (Å²) in [6.07, 6.45) is 0. The quantitative estimate of drug-likeness (QED) is 0.168. The third-order valence-electron chi connectivity index (χ3n) is 12.9. The zero-order valence-corrected chi connectivity index (χ0v) is 34.7. The molecule has 5 heteroatoms. The SMILES string of the molecule is c1ccc(C2(c3ccccc3)c3ccccc3-c3c(-c4nc(-c5ccccc5-c5ccc6c(c5)oc5ccccc56)nc(-c5cccc6c5sc5ccccc56)n4)cccc32)cc1. The highest BCUT2D eigenvalue weighted by Crippen LogP contribution is 2.58. The first-order valence-corrected chi connectivity index (χ1v) is 22.1. The Labute approximate surface area is 367 Å². The number of nitrogens with zero attached hydrogens (tertiary/aromatic N) is 3. The van der Waals surface area contributed by atoms with Gasteiger partial charge in [0.1, 0.15) is 11.2 Å². The monoisotopic (exact) mass is 821 g/mol. The fraction of sp³-hybridized carbons (Fsp3) is 0.0172. The molecule has 0 fully saturated rings. The summed E-state index contributed by atoms with van der Waals surface area (Å²) in [7, 11) is 0. The molecular weight excluding hydrogens is 787 g/mol. The van der Waals surface area contributed by atoms with Crippen LogP contribution in [0.1, 0.15) is 22.3 Å². The molecular formula is C58H35N3OS. The fourth-order valence-corrected chi connectivity index (χ4v) is 11.4. The van der Waals surface area contributed by atoms with E-state index in [1.165, 1.54) is 43.3 Å². The topological polar surface area (TPSA) is 51.8 Å². The molecule has 3 aromatic heterocycles. The van der Waals surface area contributed by atoms with E-state index >= 15 is 0 Å². The molecule has 0 spiro atoms. The Kier molecular flexibility index (Phi) is 7.96. The van der Waals surface area contributed by atoms with E-state index in [0.717, 1.165) is 60.0 Å². The third-order valence-corrected chi connectivity index (χ3v) is 14.1. The van der Waals surface area contributed by atoms with Crippen molar-refractivity contribution in [3.05, 3.63) is 235 Å². The zero-order chi connectivity index (χ0) is 41.5. The molecule has 0 saturated carbocycles. The Morgan fingerprint density at radius 2 is 0.905 bits per heavy atom. The highest BCUT2D eigenvalue weighted by molar-refractivity contribution is 7.26. The van der Waals surface area contributed by atoms with Crippen molar-refractivity contribution in [3.63, 3.8) is 0 Å². The van der Waals surface area contributed by atoms with E-state index in [0.29, 0.717) is 17.5 Å². The van der Waals surface area contributed by atoms with Crippen molar-refractivity contribution < 1.29 is 4.42 Å². The summed E-state index contributed by atoms with van der Waals surface area (Å²) in [6, 6.07) is 75.5. The van der Waals surface area contributed by atoms with Crippen LogP contribution in [0, 0.1) is 0 Å². The van der Waals surface area contributed by atoms with Crippen LogP contribution >= 0.6 is 11.3 Å². The molecule has 0 amide bonds. The van der Waals surface area contributed by atoms with Crippen LogP contribution < -0.4 is 0 Å². The van der Waals surface area contributed by atoms with E-state index in [1.54, 1.807) is 11.3 Å². The van der Waals surface area contributed by atoms with Crippen molar-refractivity contribution in [2.24, 2.45) is 0 Å². The highest BCUT2D eigenvalue weighted by Gasteiger charge is 2.47. The number of hydrogen-bond acceptors (Lipinski definition) is 5. The van der Waals surface area contributed by atoms with E-state index in [9.17, 15) is 0 Å². The van der Waals surface area contributed by atoms with E-state index in [-0.39, 0.29) is 0 Å². The summed E-state index contributed by atoms with van der Waals surface area (Å²) in [6.45, 7) is 0. The Morgan fingerprint density at radius 1 is 0.365 bits per heavy atom. The largest absolute Gasteiger partial charge is 0.456 e. The molecule has 0 saturated heterocycles. The molecule has 13 rings (SSSR count). The van der Waals surface area contributed by atoms with Crippen LogP contribution in [0.5, 0.6) is 0 Å². The Balaban J connectivity index is 1.09. The Bertz CT molecular complexity index is 3720. The average Bonchev–Trinajstić information content (AvgIpc) is 4.03. The molecule has 9 aromatic carbocycles. The van der Waals surface area contributed by atoms with Gasteiger partial charge in [0.15, 0.2) is 17.5 Å². The van der Waals surface area contributed by atoms with E-state index in [4.69, 9.17) is 19.4 Å². The lowest BCUT2D eigenvalue weighted by atomic mass is 9.67. The molecule has 0 radical (unpaired) electrons. The first-order valence-electron chi connectivity index (χ1n) is 21.3. The van der Waals surface area contributed by atoms with E-state index in [1.807, 2.05) is 12.1 Å². The minimum Gasteiger partial charge on any atom is -0.456 e. The van der Waals surface area contributed by atoms with Gasteiger partial charge in [-0.25, -0.2) is 15.0 Å². The second kappa shape index (κ2) is 14.0. The summed E-state index contributed by atoms with van der Waals surface area (Å²) in [5.41, 5.74) is 13.2. The molecule has 3 heterocycles. The lowest BCUT2D eigenvalue weighted by Gasteiger charge is -2.33. The number of aromatic nitrogens is 3. The first kappa shape index (κ1) is 35.7. The molecule has 4 nitrogen and oxygen atoms in total. The van der Waals surface area contributed by atoms with Gasteiger partial charge in [-0.05, 0) is 74.8 Å². The zero-order valence-electron chi connectivity index (χ0n) is 33.9. The lowest BCUT2D eigenvalue weighted by molar-refractivity contribution is 0.669. The number of para-hydroxylation sites is 1. The predicted octanol–water partition coefficient (Wildman–Crippen LogP) is 15.2. The number of benzene rings is 9. The van der Waals surface area contributed by atoms with Gasteiger partial charge in [-0.2, -0.15) is 0 Å². The van der Waals surface area contributed by atoms with Crippen LogP contribution in [0.3, 0.4) is 0 Å². The van der Waals surface area contributed by atoms with Crippen molar-refractivity contribution in [2.75, 3.05) is 0 Å². The smallest absolute Gasteiger partial charge is 0.165 e. The maximum absolute atomic E-state index is 6.39. The number of hydrogen-bond donors (Lipinski definition) is 0. The number of rotatable bonds is 6.